The summed E-state index contributed by atoms with van der Waals surface area (Å²) in [5, 5.41) is 0. The van der Waals surface area contributed by atoms with Crippen LogP contribution >= 0.6 is 0 Å². The summed E-state index contributed by atoms with van der Waals surface area (Å²) < 4.78 is 0. The van der Waals surface area contributed by atoms with Crippen molar-refractivity contribution in [2.45, 2.75) is 58.8 Å². The van der Waals surface area contributed by atoms with E-state index in [9.17, 15) is 0 Å². The van der Waals surface area contributed by atoms with Crippen LogP contribution < -0.4 is 0 Å². The minimum atomic E-state index is 1.26. The Balaban J connectivity index is 2.07. The van der Waals surface area contributed by atoms with E-state index in [-0.39, 0.29) is 0 Å². The van der Waals surface area contributed by atoms with Gasteiger partial charge in [-0.25, -0.2) is 0 Å². The van der Waals surface area contributed by atoms with Crippen molar-refractivity contribution in [1.82, 2.24) is 0 Å². The zero-order valence-electron chi connectivity index (χ0n) is 10.3. The van der Waals surface area contributed by atoms with Gasteiger partial charge in [-0.3, -0.25) is 0 Å². The summed E-state index contributed by atoms with van der Waals surface area (Å²) in [7, 11) is 0. The highest BCUT2D eigenvalue weighted by Gasteiger charge is 1.93. The smallest absolute Gasteiger partial charge is 0.0279 e. The van der Waals surface area contributed by atoms with Crippen LogP contribution in [0.4, 0.5) is 0 Å². The minimum absolute atomic E-state index is 1.26. The highest BCUT2D eigenvalue weighted by atomic mass is 14.0. The molecule has 0 aliphatic heterocycles. The van der Waals surface area contributed by atoms with Crippen molar-refractivity contribution in [2.75, 3.05) is 0 Å². The van der Waals surface area contributed by atoms with E-state index >= 15 is 0 Å². The molecule has 0 N–H and O–H groups in total. The van der Waals surface area contributed by atoms with Crippen LogP contribution in [0.15, 0.2) is 24.3 Å². The average Bonchev–Trinajstić information content (AvgIpc) is 2.26. The maximum Gasteiger partial charge on any atom is -0.0279 e. The Morgan fingerprint density at radius 1 is 0.800 bits per heavy atom. The number of benzene rings is 1. The molecule has 0 spiro atoms. The molecule has 0 heterocycles. The van der Waals surface area contributed by atoms with Crippen LogP contribution in [0.2, 0.25) is 0 Å². The summed E-state index contributed by atoms with van der Waals surface area (Å²) in [6.07, 6.45) is 9.60. The first-order valence-electron chi connectivity index (χ1n) is 6.38. The summed E-state index contributed by atoms with van der Waals surface area (Å²) >= 11 is 0. The van der Waals surface area contributed by atoms with Gasteiger partial charge < -0.3 is 0 Å². The first-order valence-corrected chi connectivity index (χ1v) is 6.38. The van der Waals surface area contributed by atoms with Gasteiger partial charge in [0.15, 0.2) is 0 Å². The van der Waals surface area contributed by atoms with Crippen LogP contribution in [0.25, 0.3) is 0 Å². The molecule has 0 atom stereocenters. The second kappa shape index (κ2) is 7.50. The number of hydrogen-bond acceptors (Lipinski definition) is 0. The normalized spacial score (nSPS) is 10.5. The molecule has 0 aliphatic rings. The number of unbranched alkanes of at least 4 members (excludes halogenated alkanes) is 5. The van der Waals surface area contributed by atoms with Crippen molar-refractivity contribution in [3.63, 3.8) is 0 Å². The van der Waals surface area contributed by atoms with E-state index in [1.165, 1.54) is 56.1 Å². The molecule has 0 aliphatic carbocycles. The summed E-state index contributed by atoms with van der Waals surface area (Å²) in [5.74, 6) is 0. The van der Waals surface area contributed by atoms with Crippen molar-refractivity contribution in [3.8, 4) is 0 Å². The topological polar surface area (TPSA) is 0 Å². The third kappa shape index (κ3) is 5.61. The van der Waals surface area contributed by atoms with Crippen LogP contribution in [0.5, 0.6) is 0 Å². The van der Waals surface area contributed by atoms with E-state index in [2.05, 4.69) is 38.1 Å². The molecule has 84 valence electrons. The molecule has 0 saturated carbocycles. The monoisotopic (exact) mass is 204 g/mol. The van der Waals surface area contributed by atoms with E-state index < -0.39 is 0 Å². The third-order valence-corrected chi connectivity index (χ3v) is 2.94. The van der Waals surface area contributed by atoms with E-state index in [0.29, 0.717) is 0 Å². The van der Waals surface area contributed by atoms with E-state index in [1.54, 1.807) is 0 Å². The molecule has 15 heavy (non-hydrogen) atoms. The standard InChI is InChI=1S/C15H24/c1-3-4-5-6-7-8-9-15-12-10-14(2)11-13-15/h10-13H,3-9H2,1-2H3. The summed E-state index contributed by atoms with van der Waals surface area (Å²) in [4.78, 5) is 0. The lowest BCUT2D eigenvalue weighted by Gasteiger charge is -2.02. The Bertz CT molecular complexity index is 245. The fourth-order valence-corrected chi connectivity index (χ4v) is 1.86. The quantitative estimate of drug-likeness (QED) is 0.554. The van der Waals surface area contributed by atoms with Crippen molar-refractivity contribution in [2.24, 2.45) is 0 Å². The molecule has 0 fully saturated rings. The molecule has 0 heteroatoms. The Kier molecular flexibility index (Phi) is 6.15. The van der Waals surface area contributed by atoms with Gasteiger partial charge in [-0.2, -0.15) is 0 Å². The molecule has 0 aromatic heterocycles. The van der Waals surface area contributed by atoms with Gasteiger partial charge in [0.1, 0.15) is 0 Å². The molecule has 0 radical (unpaired) electrons. The van der Waals surface area contributed by atoms with Crippen LogP contribution in [0, 0.1) is 6.92 Å². The van der Waals surface area contributed by atoms with Gasteiger partial charge in [-0.15, -0.1) is 0 Å². The predicted molar refractivity (Wildman–Crippen MR) is 68.3 cm³/mol. The molecule has 0 saturated heterocycles. The summed E-state index contributed by atoms with van der Waals surface area (Å²) in [6, 6.07) is 8.96. The van der Waals surface area contributed by atoms with Crippen LogP contribution in [0.3, 0.4) is 0 Å². The molecule has 0 unspecified atom stereocenters. The lowest BCUT2D eigenvalue weighted by atomic mass is 10.0. The predicted octanol–water partition coefficient (Wildman–Crippen LogP) is 4.90. The largest absolute Gasteiger partial charge is 0.0654 e. The fraction of sp³-hybridized carbons (Fsp3) is 0.600. The van der Waals surface area contributed by atoms with Crippen molar-refractivity contribution in [1.29, 1.82) is 0 Å². The van der Waals surface area contributed by atoms with Crippen LogP contribution in [-0.2, 0) is 6.42 Å². The number of hydrogen-bond donors (Lipinski definition) is 0. The maximum absolute atomic E-state index is 2.27. The van der Waals surface area contributed by atoms with Gasteiger partial charge in [-0.05, 0) is 25.3 Å². The summed E-state index contributed by atoms with van der Waals surface area (Å²) in [6.45, 7) is 4.42. The Labute approximate surface area is 94.7 Å². The van der Waals surface area contributed by atoms with Gasteiger partial charge >= 0.3 is 0 Å². The third-order valence-electron chi connectivity index (χ3n) is 2.94. The first kappa shape index (κ1) is 12.3. The lowest BCUT2D eigenvalue weighted by Crippen LogP contribution is -1.86. The molecule has 0 amide bonds. The maximum atomic E-state index is 2.27. The average molecular weight is 204 g/mol. The zero-order chi connectivity index (χ0) is 10.9. The van der Waals surface area contributed by atoms with Crippen LogP contribution in [-0.4, -0.2) is 0 Å². The Morgan fingerprint density at radius 3 is 2.07 bits per heavy atom. The molecule has 0 nitrogen and oxygen atoms in total. The van der Waals surface area contributed by atoms with Gasteiger partial charge in [0, 0.05) is 0 Å². The molecular weight excluding hydrogens is 180 g/mol. The Hall–Kier alpha value is -0.780. The number of aryl methyl sites for hydroxylation is 2. The van der Waals surface area contributed by atoms with Crippen molar-refractivity contribution < 1.29 is 0 Å². The van der Waals surface area contributed by atoms with E-state index in [4.69, 9.17) is 0 Å². The molecule has 1 rings (SSSR count). The molecule has 1 aromatic carbocycles. The van der Waals surface area contributed by atoms with Gasteiger partial charge in [0.05, 0.1) is 0 Å². The van der Waals surface area contributed by atoms with E-state index in [0.717, 1.165) is 0 Å². The molecule has 1 aromatic rings. The molecular formula is C15H24. The second-order valence-electron chi connectivity index (χ2n) is 4.50. The van der Waals surface area contributed by atoms with Crippen molar-refractivity contribution >= 4 is 0 Å². The zero-order valence-corrected chi connectivity index (χ0v) is 10.3. The highest BCUT2D eigenvalue weighted by Crippen LogP contribution is 2.10. The SMILES string of the molecule is CCCCCCCCc1ccc(C)cc1. The fourth-order valence-electron chi connectivity index (χ4n) is 1.86. The highest BCUT2D eigenvalue weighted by molar-refractivity contribution is 5.21. The van der Waals surface area contributed by atoms with Crippen LogP contribution in [0.1, 0.15) is 56.6 Å². The van der Waals surface area contributed by atoms with Gasteiger partial charge in [-0.1, -0.05) is 68.9 Å². The second-order valence-corrected chi connectivity index (χ2v) is 4.50. The van der Waals surface area contributed by atoms with E-state index in [1.807, 2.05) is 0 Å². The minimum Gasteiger partial charge on any atom is -0.0654 e. The lowest BCUT2D eigenvalue weighted by molar-refractivity contribution is 0.607. The van der Waals surface area contributed by atoms with Gasteiger partial charge in [0.2, 0.25) is 0 Å². The molecule has 0 bridgehead atoms. The summed E-state index contributed by atoms with van der Waals surface area (Å²) in [5.41, 5.74) is 2.86. The number of rotatable bonds is 7. The van der Waals surface area contributed by atoms with Crippen molar-refractivity contribution in [3.05, 3.63) is 35.4 Å². The Morgan fingerprint density at radius 2 is 1.40 bits per heavy atom. The van der Waals surface area contributed by atoms with Gasteiger partial charge in [0.25, 0.3) is 0 Å². The first-order chi connectivity index (χ1) is 7.33.